The van der Waals surface area contributed by atoms with E-state index in [4.69, 9.17) is 13.9 Å². The summed E-state index contributed by atoms with van der Waals surface area (Å²) in [6.07, 6.45) is 16.8. The van der Waals surface area contributed by atoms with Gasteiger partial charge in [-0.2, -0.15) is 0 Å². The maximum Gasteiger partial charge on any atom is 0.303 e. The lowest BCUT2D eigenvalue weighted by Crippen LogP contribution is -2.66. The number of ether oxygens (including phenoxy) is 2. The highest BCUT2D eigenvalue weighted by Gasteiger charge is 2.50. The average Bonchev–Trinajstić information content (AvgIpc) is 3.56. The van der Waals surface area contributed by atoms with Gasteiger partial charge in [0.2, 0.25) is 0 Å². The number of hydrogen-bond donors (Lipinski definition) is 0. The quantitative estimate of drug-likeness (QED) is 0.0737. The van der Waals surface area contributed by atoms with Crippen molar-refractivity contribution in [3.63, 3.8) is 0 Å². The number of carbonyl (C=O) groups is 2. The summed E-state index contributed by atoms with van der Waals surface area (Å²) >= 11 is 0. The van der Waals surface area contributed by atoms with Crippen LogP contribution in [0.2, 0.25) is 5.04 Å². The highest BCUT2D eigenvalue weighted by molar-refractivity contribution is 6.99. The van der Waals surface area contributed by atoms with Crippen LogP contribution in [0.15, 0.2) is 84.5 Å². The molecule has 5 nitrogen and oxygen atoms in total. The van der Waals surface area contributed by atoms with Crippen LogP contribution in [0.4, 0.5) is 0 Å². The van der Waals surface area contributed by atoms with E-state index in [1.165, 1.54) is 29.8 Å². The van der Waals surface area contributed by atoms with Gasteiger partial charge in [-0.1, -0.05) is 125 Å². The molecule has 0 amide bonds. The second-order valence-corrected chi connectivity index (χ2v) is 19.0. The fourth-order valence-electron chi connectivity index (χ4n) is 7.98. The van der Waals surface area contributed by atoms with E-state index < -0.39 is 8.32 Å². The lowest BCUT2D eigenvalue weighted by molar-refractivity contribution is -0.147. The van der Waals surface area contributed by atoms with E-state index in [9.17, 15) is 9.59 Å². The van der Waals surface area contributed by atoms with Crippen molar-refractivity contribution in [2.75, 3.05) is 6.61 Å². The molecular weight excluding hydrogens is 601 g/mol. The van der Waals surface area contributed by atoms with Crippen molar-refractivity contribution in [1.82, 2.24) is 0 Å². The fraction of sp³-hybridized carbons (Fsp3) is 0.561. The van der Waals surface area contributed by atoms with E-state index in [-0.39, 0.29) is 35.1 Å². The van der Waals surface area contributed by atoms with Crippen molar-refractivity contribution in [1.29, 1.82) is 0 Å². The average molecular weight is 659 g/mol. The van der Waals surface area contributed by atoms with Crippen molar-refractivity contribution < 1.29 is 23.5 Å². The first-order valence-electron chi connectivity index (χ1n) is 18.0. The van der Waals surface area contributed by atoms with Crippen molar-refractivity contribution in [3.8, 4) is 0 Å². The summed E-state index contributed by atoms with van der Waals surface area (Å²) in [6, 6.07) is 21.8. The molecule has 2 aliphatic carbocycles. The molecule has 2 aliphatic rings. The second kappa shape index (κ2) is 17.4. The van der Waals surface area contributed by atoms with Gasteiger partial charge in [-0.3, -0.25) is 9.59 Å². The smallest absolute Gasteiger partial charge is 0.303 e. The lowest BCUT2D eigenvalue weighted by Gasteiger charge is -2.43. The molecule has 1 fully saturated rings. The molecule has 0 bridgehead atoms. The number of rotatable bonds is 17. The van der Waals surface area contributed by atoms with Gasteiger partial charge in [0.15, 0.2) is 0 Å². The Labute approximate surface area is 285 Å². The number of unbranched alkanes of at least 4 members (excludes halogenated alkanes) is 4. The van der Waals surface area contributed by atoms with Crippen molar-refractivity contribution in [3.05, 3.63) is 84.5 Å². The third kappa shape index (κ3) is 9.79. The zero-order valence-electron chi connectivity index (χ0n) is 29.7. The minimum Gasteiger partial charge on any atom is -0.462 e. The Morgan fingerprint density at radius 2 is 1.55 bits per heavy atom. The first-order valence-corrected chi connectivity index (χ1v) is 19.9. The van der Waals surface area contributed by atoms with E-state index in [0.29, 0.717) is 11.8 Å². The van der Waals surface area contributed by atoms with Gasteiger partial charge in [0.25, 0.3) is 8.32 Å². The zero-order chi connectivity index (χ0) is 33.9. The highest BCUT2D eigenvalue weighted by atomic mass is 28.4. The largest absolute Gasteiger partial charge is 0.462 e. The molecule has 1 saturated carbocycles. The maximum atomic E-state index is 12.0. The Morgan fingerprint density at radius 1 is 0.894 bits per heavy atom. The molecule has 2 aromatic rings. The van der Waals surface area contributed by atoms with Gasteiger partial charge in [-0.05, 0) is 78.3 Å². The predicted octanol–water partition coefficient (Wildman–Crippen LogP) is 8.71. The van der Waals surface area contributed by atoms with Crippen LogP contribution in [-0.4, -0.2) is 39.1 Å². The van der Waals surface area contributed by atoms with Gasteiger partial charge < -0.3 is 13.9 Å². The Kier molecular flexibility index (Phi) is 13.7. The third-order valence-electron chi connectivity index (χ3n) is 10.1. The number of carbonyl (C=O) groups excluding carboxylic acids is 2. The molecule has 47 heavy (non-hydrogen) atoms. The minimum atomic E-state index is -2.49. The van der Waals surface area contributed by atoms with Crippen LogP contribution in [0.5, 0.6) is 0 Å². The van der Waals surface area contributed by atoms with E-state index in [0.717, 1.165) is 70.8 Å². The van der Waals surface area contributed by atoms with Crippen LogP contribution in [-0.2, 0) is 23.5 Å². The Morgan fingerprint density at radius 3 is 2.13 bits per heavy atom. The molecule has 0 heterocycles. The normalized spacial score (nSPS) is 21.8. The van der Waals surface area contributed by atoms with Gasteiger partial charge in [0.1, 0.15) is 12.2 Å². The van der Waals surface area contributed by atoms with Crippen LogP contribution >= 0.6 is 0 Å². The van der Waals surface area contributed by atoms with Gasteiger partial charge >= 0.3 is 11.9 Å². The van der Waals surface area contributed by atoms with E-state index in [1.54, 1.807) is 0 Å². The fourth-order valence-corrected chi connectivity index (χ4v) is 12.6. The molecule has 5 atom stereocenters. The van der Waals surface area contributed by atoms with Crippen molar-refractivity contribution in [2.45, 2.75) is 123 Å². The summed E-state index contributed by atoms with van der Waals surface area (Å²) in [6.45, 7) is 12.9. The standard InChI is InChI=1S/C41H58O5Si/c1-7-8-12-20-35(45-31(2)42)25-26-38-39-29-33(28-34(39)30-40(38)46-32(3)43)19-13-11-18-27-44-47(41(4,5)6,36-21-14-9-15-22-36)37-23-16-10-17-24-37/h9-10,14-17,21-26,28,34-35,38-40H,7-8,11-13,18-20,27,29-30H2,1-6H3/b26-25+/t34-,35+,38+,39-,40+/m0/s1. The molecule has 0 radical (unpaired) electrons. The van der Waals surface area contributed by atoms with Gasteiger partial charge in [-0.15, -0.1) is 0 Å². The van der Waals surface area contributed by atoms with Crippen molar-refractivity contribution >= 4 is 30.6 Å². The van der Waals surface area contributed by atoms with Crippen LogP contribution in [0, 0.1) is 17.8 Å². The van der Waals surface area contributed by atoms with Crippen LogP contribution < -0.4 is 10.4 Å². The molecule has 0 saturated heterocycles. The number of fused-ring (bicyclic) bond motifs is 1. The molecule has 0 spiro atoms. The molecule has 2 aromatic carbocycles. The Hall–Kier alpha value is -2.96. The Bertz CT molecular complexity index is 1290. The summed E-state index contributed by atoms with van der Waals surface area (Å²) < 4.78 is 18.5. The number of benzene rings is 2. The summed E-state index contributed by atoms with van der Waals surface area (Å²) in [5.41, 5.74) is 1.53. The number of esters is 2. The first kappa shape index (κ1) is 36.9. The second-order valence-electron chi connectivity index (χ2n) is 14.7. The van der Waals surface area contributed by atoms with Crippen molar-refractivity contribution in [2.24, 2.45) is 17.8 Å². The highest BCUT2D eigenvalue weighted by Crippen LogP contribution is 2.49. The summed E-state index contributed by atoms with van der Waals surface area (Å²) in [4.78, 5) is 23.7. The molecular formula is C41H58O5Si. The molecule has 256 valence electrons. The van der Waals surface area contributed by atoms with E-state index in [1.807, 2.05) is 0 Å². The summed E-state index contributed by atoms with van der Waals surface area (Å²) in [5.74, 6) is 0.519. The molecule has 4 rings (SSSR count). The molecule has 0 aliphatic heterocycles. The predicted molar refractivity (Wildman–Crippen MR) is 194 cm³/mol. The number of allylic oxidation sites excluding steroid dienone is 2. The third-order valence-corrected chi connectivity index (χ3v) is 15.1. The Balaban J connectivity index is 1.34. The monoisotopic (exact) mass is 658 g/mol. The van der Waals surface area contributed by atoms with E-state index in [2.05, 4.69) is 107 Å². The first-order chi connectivity index (χ1) is 22.5. The summed E-state index contributed by atoms with van der Waals surface area (Å²) in [7, 11) is -2.49. The SMILES string of the molecule is CCCCC[C@H](/C=C/[C@@H]1[C@H]2CC(CCCCCO[Si](c3ccccc3)(c3ccccc3)C(C)(C)C)=C[C@H]2C[C@H]1OC(C)=O)OC(C)=O. The van der Waals surface area contributed by atoms with Gasteiger partial charge in [0.05, 0.1) is 0 Å². The molecule has 6 heteroatoms. The molecule has 0 unspecified atom stereocenters. The minimum absolute atomic E-state index is 0.00911. The van der Waals surface area contributed by atoms with Crippen LogP contribution in [0.1, 0.15) is 106 Å². The number of hydrogen-bond acceptors (Lipinski definition) is 5. The van der Waals surface area contributed by atoms with Gasteiger partial charge in [-0.25, -0.2) is 0 Å². The maximum absolute atomic E-state index is 12.0. The van der Waals surface area contributed by atoms with Crippen LogP contribution in [0.3, 0.4) is 0 Å². The lowest BCUT2D eigenvalue weighted by atomic mass is 9.88. The molecule has 0 N–H and O–H groups in total. The summed E-state index contributed by atoms with van der Waals surface area (Å²) in [5, 5.41) is 2.65. The van der Waals surface area contributed by atoms with Crippen LogP contribution in [0.25, 0.3) is 0 Å². The topological polar surface area (TPSA) is 61.8 Å². The van der Waals surface area contributed by atoms with E-state index >= 15 is 0 Å². The van der Waals surface area contributed by atoms with Gasteiger partial charge in [0, 0.05) is 26.4 Å². The molecule has 0 aromatic heterocycles. The zero-order valence-corrected chi connectivity index (χ0v) is 30.7.